The van der Waals surface area contributed by atoms with Crippen molar-refractivity contribution < 1.29 is 26.2 Å². The molecule has 4 N–H and O–H groups in total. The van der Waals surface area contributed by atoms with Gasteiger partial charge in [-0.15, -0.1) is 0 Å². The molecule has 1 aromatic carbocycles. The molecule has 0 saturated carbocycles. The van der Waals surface area contributed by atoms with Crippen LogP contribution in [0.25, 0.3) is 11.1 Å². The molecule has 2 aromatic rings. The van der Waals surface area contributed by atoms with Crippen molar-refractivity contribution in [2.24, 2.45) is 0 Å². The van der Waals surface area contributed by atoms with Gasteiger partial charge in [-0.1, -0.05) is 0 Å². The van der Waals surface area contributed by atoms with E-state index < -0.39 is 20.1 Å². The zero-order valence-electron chi connectivity index (χ0n) is 8.08. The number of carbonyl (C=O) groups is 1. The van der Waals surface area contributed by atoms with Crippen molar-refractivity contribution in [3.8, 4) is 0 Å². The van der Waals surface area contributed by atoms with E-state index in [9.17, 15) is 8.53 Å². The zero-order valence-corrected chi connectivity index (χ0v) is 10.8. The van der Waals surface area contributed by atoms with Gasteiger partial charge in [-0.3, -0.25) is 0 Å². The minimum atomic E-state index is -5.17. The number of fused-ring (bicyclic) bond motifs is 1. The third-order valence-electron chi connectivity index (χ3n) is 2.07. The number of aromatic carboxylic acids is 1. The molecule has 0 aliphatic rings. The number of benzene rings is 1. The predicted molar refractivity (Wildman–Crippen MR) is 58.9 cm³/mol. The summed E-state index contributed by atoms with van der Waals surface area (Å²) in [5, 5.41) is 8.93. The van der Waals surface area contributed by atoms with Crippen LogP contribution in [-0.2, 0) is 3.74 Å². The van der Waals surface area contributed by atoms with Gasteiger partial charge >= 0.3 is 102 Å². The van der Waals surface area contributed by atoms with E-state index in [0.29, 0.717) is 0 Å². The first-order valence-electron chi connectivity index (χ1n) is 4.25. The summed E-state index contributed by atoms with van der Waals surface area (Å²) in [5.41, 5.74) is -0.223. The molecule has 1 aromatic heterocycles. The van der Waals surface area contributed by atoms with Crippen LogP contribution < -0.4 is 4.35 Å². The fourth-order valence-electron chi connectivity index (χ4n) is 1.37. The second kappa shape index (κ2) is 3.85. The summed E-state index contributed by atoms with van der Waals surface area (Å²) in [7, 11) is 0. The van der Waals surface area contributed by atoms with Crippen LogP contribution >= 0.6 is 12.2 Å². The Morgan fingerprint density at radius 3 is 2.59 bits per heavy atom. The molecule has 0 aliphatic heterocycles. The van der Waals surface area contributed by atoms with Crippen LogP contribution in [0, 0.1) is 4.84 Å². The molecule has 17 heavy (non-hydrogen) atoms. The number of nitrogens with one attached hydrogen (secondary N) is 1. The number of aromatic amines is 1. The quantitative estimate of drug-likeness (QED) is 0.444. The normalized spacial score (nSPS) is 11.9. The maximum absolute atomic E-state index is 11.1. The van der Waals surface area contributed by atoms with E-state index in [4.69, 9.17) is 29.9 Å². The third kappa shape index (κ3) is 2.20. The fourth-order valence-corrected chi connectivity index (χ4v) is 2.81. The summed E-state index contributed by atoms with van der Waals surface area (Å²) in [6.07, 6.45) is 0. The van der Waals surface area contributed by atoms with Crippen molar-refractivity contribution in [1.29, 1.82) is 0 Å². The molecule has 2 rings (SSSR count). The van der Waals surface area contributed by atoms with Gasteiger partial charge in [0.1, 0.15) is 0 Å². The van der Waals surface area contributed by atoms with Crippen molar-refractivity contribution in [2.75, 3.05) is 0 Å². The predicted octanol–water partition coefficient (Wildman–Crippen LogP) is -0.250. The first-order valence-corrected chi connectivity index (χ1v) is 8.04. The fraction of sp³-hybridized carbons (Fsp3) is 0. The molecule has 0 atom stereocenters. The average Bonchev–Trinajstić information content (AvgIpc) is 2.54. The van der Waals surface area contributed by atoms with Gasteiger partial charge in [-0.05, 0) is 0 Å². The first kappa shape index (κ1) is 12.1. The van der Waals surface area contributed by atoms with E-state index in [2.05, 4.69) is 4.98 Å². The van der Waals surface area contributed by atoms with Crippen LogP contribution in [0.1, 0.15) is 10.4 Å². The monoisotopic (exact) mass is 319 g/mol. The summed E-state index contributed by atoms with van der Waals surface area (Å²) >= 11 is -0.479. The standard InChI is InChI=1S/C8H6AsNO6S/c11-7(12)4-1-3(9(13,14)15)2-5-6(4)16-8(17)10-5/h1-2H,(H,10,17)(H,11,12)(H2,13,14,15). The zero-order chi connectivity index (χ0) is 12.8. The second-order valence-corrected chi connectivity index (χ2v) is 6.97. The van der Waals surface area contributed by atoms with Gasteiger partial charge < -0.3 is 0 Å². The average molecular weight is 319 g/mol. The molecule has 90 valence electrons. The minimum absolute atomic E-state index is 0.0322. The first-order chi connectivity index (χ1) is 7.79. The summed E-state index contributed by atoms with van der Waals surface area (Å²) in [4.78, 5) is 13.4. The van der Waals surface area contributed by atoms with Crippen molar-refractivity contribution in [2.45, 2.75) is 0 Å². The van der Waals surface area contributed by atoms with Gasteiger partial charge in [-0.2, -0.15) is 0 Å². The summed E-state index contributed by atoms with van der Waals surface area (Å²) < 4.78 is 33.9. The number of oxazole rings is 1. The van der Waals surface area contributed by atoms with E-state index in [-0.39, 0.29) is 25.9 Å². The number of carboxylic acid groups (broad SMARTS) is 1. The van der Waals surface area contributed by atoms with Gasteiger partial charge in [0.2, 0.25) is 0 Å². The molecule has 7 nitrogen and oxygen atoms in total. The summed E-state index contributed by atoms with van der Waals surface area (Å²) in [6, 6.07) is 2.04. The van der Waals surface area contributed by atoms with Gasteiger partial charge in [0.05, 0.1) is 0 Å². The number of aromatic nitrogens is 1. The van der Waals surface area contributed by atoms with Crippen LogP contribution in [0.15, 0.2) is 16.5 Å². The Hall–Kier alpha value is -1.34. The number of hydrogen-bond donors (Lipinski definition) is 4. The molecular weight excluding hydrogens is 313 g/mol. The van der Waals surface area contributed by atoms with Crippen molar-refractivity contribution in [3.63, 3.8) is 0 Å². The van der Waals surface area contributed by atoms with Crippen LogP contribution in [0.5, 0.6) is 0 Å². The van der Waals surface area contributed by atoms with Gasteiger partial charge in [0.15, 0.2) is 0 Å². The summed E-state index contributed by atoms with van der Waals surface area (Å²) in [5.74, 6) is -1.35. The Morgan fingerprint density at radius 2 is 2.06 bits per heavy atom. The molecule has 0 spiro atoms. The molecule has 1 heterocycles. The van der Waals surface area contributed by atoms with Crippen LogP contribution in [-0.4, -0.2) is 38.4 Å². The Kier molecular flexibility index (Phi) is 2.74. The Balaban J connectivity index is 2.89. The number of H-pyrrole nitrogens is 1. The Morgan fingerprint density at radius 1 is 1.41 bits per heavy atom. The number of hydrogen-bond acceptors (Lipinski definition) is 4. The number of carboxylic acids is 1. The van der Waals surface area contributed by atoms with E-state index in [0.717, 1.165) is 12.1 Å². The van der Waals surface area contributed by atoms with Crippen LogP contribution in [0.4, 0.5) is 0 Å². The van der Waals surface area contributed by atoms with Crippen LogP contribution in [0.3, 0.4) is 0 Å². The van der Waals surface area contributed by atoms with Crippen molar-refractivity contribution >= 4 is 47.8 Å². The number of rotatable bonds is 2. The third-order valence-corrected chi connectivity index (χ3v) is 4.21. The van der Waals surface area contributed by atoms with Gasteiger partial charge in [0.25, 0.3) is 0 Å². The van der Waals surface area contributed by atoms with Gasteiger partial charge in [-0.25, -0.2) is 0 Å². The van der Waals surface area contributed by atoms with E-state index in [1.165, 1.54) is 0 Å². The van der Waals surface area contributed by atoms with Crippen LogP contribution in [0.2, 0.25) is 0 Å². The molecule has 9 heteroatoms. The Labute approximate surface area is 102 Å². The molecule has 0 amide bonds. The SMILES string of the molecule is O=C(O)c1cc([As](=O)(O)O)cc2[nH]c(=S)oc12. The topological polar surface area (TPSA) is 124 Å². The van der Waals surface area contributed by atoms with E-state index in [1.54, 1.807) is 0 Å². The molecule has 0 fully saturated rings. The summed E-state index contributed by atoms with van der Waals surface area (Å²) in [6.45, 7) is 0. The van der Waals surface area contributed by atoms with E-state index in [1.807, 2.05) is 0 Å². The molecule has 0 unspecified atom stereocenters. The van der Waals surface area contributed by atoms with Gasteiger partial charge in [0, 0.05) is 0 Å². The molecular formula is C8H6AsNO6S. The molecule has 0 radical (unpaired) electrons. The van der Waals surface area contributed by atoms with Crippen molar-refractivity contribution in [3.05, 3.63) is 22.5 Å². The molecule has 0 bridgehead atoms. The second-order valence-electron chi connectivity index (χ2n) is 3.23. The maximum atomic E-state index is 11.1. The Bertz CT molecular complexity index is 710. The van der Waals surface area contributed by atoms with Crippen molar-refractivity contribution in [1.82, 2.24) is 4.98 Å². The molecule has 0 aliphatic carbocycles. The molecule has 0 saturated heterocycles. The van der Waals surface area contributed by atoms with E-state index >= 15 is 0 Å².